The fourth-order valence-corrected chi connectivity index (χ4v) is 5.62. The summed E-state index contributed by atoms with van der Waals surface area (Å²) in [5.74, 6) is -3.30. The first-order valence-corrected chi connectivity index (χ1v) is 12.2. The Balaban J connectivity index is 1.45. The lowest BCUT2D eigenvalue weighted by molar-refractivity contribution is -0.169. The maximum Gasteiger partial charge on any atom is 0.336 e. The number of carboxylic acids is 1. The first-order chi connectivity index (χ1) is 17.2. The van der Waals surface area contributed by atoms with Crippen molar-refractivity contribution in [2.45, 2.75) is 24.9 Å². The molecule has 3 atom stereocenters. The molecule has 0 radical (unpaired) electrons. The summed E-state index contributed by atoms with van der Waals surface area (Å²) in [5, 5.41) is 11.5. The molecule has 4 rings (SSSR count). The summed E-state index contributed by atoms with van der Waals surface area (Å²) in [5.41, 5.74) is -0.691. The minimum absolute atomic E-state index is 0.0329. The van der Waals surface area contributed by atoms with Crippen LogP contribution in [0.4, 0.5) is 0 Å². The average molecular weight is 513 g/mol. The van der Waals surface area contributed by atoms with E-state index < -0.39 is 46.6 Å². The average Bonchev–Trinajstić information content (AvgIpc) is 2.89. The van der Waals surface area contributed by atoms with Gasteiger partial charge in [0.1, 0.15) is 30.0 Å². The Hall–Kier alpha value is -3.86. The topological polar surface area (TPSA) is 139 Å². The SMILES string of the molecule is CC(=O)OCC1(C(=O)OCc2ccccc2)CS[C@@H]2C(NC(=O)c3ccccc3C(=O)O)C(=O)N2C1. The van der Waals surface area contributed by atoms with Gasteiger partial charge < -0.3 is 24.8 Å². The van der Waals surface area contributed by atoms with Crippen molar-refractivity contribution < 1.29 is 38.6 Å². The van der Waals surface area contributed by atoms with E-state index in [0.29, 0.717) is 0 Å². The van der Waals surface area contributed by atoms with E-state index in [-0.39, 0.29) is 36.6 Å². The van der Waals surface area contributed by atoms with E-state index in [2.05, 4.69) is 5.32 Å². The van der Waals surface area contributed by atoms with Crippen LogP contribution in [0.25, 0.3) is 0 Å². The van der Waals surface area contributed by atoms with Gasteiger partial charge >= 0.3 is 17.9 Å². The molecule has 2 unspecified atom stereocenters. The fourth-order valence-electron chi connectivity index (χ4n) is 4.10. The van der Waals surface area contributed by atoms with E-state index >= 15 is 0 Å². The molecule has 0 aromatic heterocycles. The molecule has 11 heteroatoms. The van der Waals surface area contributed by atoms with Crippen LogP contribution in [0, 0.1) is 5.41 Å². The van der Waals surface area contributed by atoms with Crippen molar-refractivity contribution in [1.82, 2.24) is 10.2 Å². The molecule has 2 aromatic carbocycles. The number of carboxylic acid groups (broad SMARTS) is 1. The Morgan fingerprint density at radius 1 is 1.06 bits per heavy atom. The number of nitrogens with one attached hydrogen (secondary N) is 1. The number of esters is 2. The number of thioether (sulfide) groups is 1. The monoisotopic (exact) mass is 512 g/mol. The van der Waals surface area contributed by atoms with Gasteiger partial charge in [0.15, 0.2) is 0 Å². The number of rotatable bonds is 8. The van der Waals surface area contributed by atoms with E-state index in [4.69, 9.17) is 9.47 Å². The van der Waals surface area contributed by atoms with Crippen LogP contribution in [0.5, 0.6) is 0 Å². The second-order valence-electron chi connectivity index (χ2n) is 8.59. The van der Waals surface area contributed by atoms with Crippen LogP contribution in [-0.4, -0.2) is 70.0 Å². The lowest BCUT2D eigenvalue weighted by Crippen LogP contribution is -2.74. The van der Waals surface area contributed by atoms with Crippen LogP contribution in [-0.2, 0) is 30.5 Å². The molecular weight excluding hydrogens is 488 g/mol. The van der Waals surface area contributed by atoms with Gasteiger partial charge in [-0.05, 0) is 17.7 Å². The number of benzene rings is 2. The third-order valence-corrected chi connectivity index (χ3v) is 7.62. The predicted molar refractivity (Wildman–Crippen MR) is 128 cm³/mol. The van der Waals surface area contributed by atoms with Crippen LogP contribution < -0.4 is 5.32 Å². The fraction of sp³-hybridized carbons (Fsp3) is 0.320. The number of hydrogen-bond acceptors (Lipinski definition) is 8. The van der Waals surface area contributed by atoms with E-state index in [1.165, 1.54) is 47.9 Å². The molecule has 0 saturated carbocycles. The summed E-state index contributed by atoms with van der Waals surface area (Å²) >= 11 is 1.26. The molecule has 2 saturated heterocycles. The highest BCUT2D eigenvalue weighted by atomic mass is 32.2. The zero-order valence-electron chi connectivity index (χ0n) is 19.3. The van der Waals surface area contributed by atoms with Crippen LogP contribution in [0.1, 0.15) is 33.2 Å². The van der Waals surface area contributed by atoms with E-state index in [9.17, 15) is 29.1 Å². The third kappa shape index (κ3) is 5.06. The van der Waals surface area contributed by atoms with Gasteiger partial charge in [0.05, 0.1) is 11.1 Å². The Kier molecular flexibility index (Phi) is 7.30. The molecule has 0 bridgehead atoms. The number of carbonyl (C=O) groups excluding carboxylic acids is 4. The molecule has 2 aliphatic rings. The van der Waals surface area contributed by atoms with E-state index in [1.807, 2.05) is 30.3 Å². The molecule has 0 spiro atoms. The number of hydrogen-bond donors (Lipinski definition) is 2. The summed E-state index contributed by atoms with van der Waals surface area (Å²) in [6.45, 7) is 0.979. The number of nitrogens with zero attached hydrogens (tertiary/aromatic N) is 1. The second kappa shape index (κ2) is 10.4. The van der Waals surface area contributed by atoms with Crippen LogP contribution in [0.3, 0.4) is 0 Å². The number of ether oxygens (including phenoxy) is 2. The summed E-state index contributed by atoms with van der Waals surface area (Å²) in [6.07, 6.45) is 0. The zero-order chi connectivity index (χ0) is 25.9. The summed E-state index contributed by atoms with van der Waals surface area (Å²) in [4.78, 5) is 63.2. The van der Waals surface area contributed by atoms with E-state index in [1.54, 1.807) is 0 Å². The highest BCUT2D eigenvalue weighted by Gasteiger charge is 2.58. The van der Waals surface area contributed by atoms with E-state index in [0.717, 1.165) is 5.56 Å². The van der Waals surface area contributed by atoms with Crippen LogP contribution in [0.2, 0.25) is 0 Å². The van der Waals surface area contributed by atoms with Crippen molar-refractivity contribution >= 4 is 41.5 Å². The molecule has 2 heterocycles. The van der Waals surface area contributed by atoms with Crippen molar-refractivity contribution in [2.75, 3.05) is 18.9 Å². The number of β-lactam (4-membered cyclic amide) rings is 1. The molecule has 2 aliphatic heterocycles. The highest BCUT2D eigenvalue weighted by Crippen LogP contribution is 2.43. The van der Waals surface area contributed by atoms with Crippen molar-refractivity contribution in [3.8, 4) is 0 Å². The molecular formula is C25H24N2O8S. The summed E-state index contributed by atoms with van der Waals surface area (Å²) in [6, 6.07) is 14.0. The molecule has 188 valence electrons. The number of amides is 2. The molecule has 2 fully saturated rings. The van der Waals surface area contributed by atoms with Gasteiger partial charge in [-0.2, -0.15) is 0 Å². The van der Waals surface area contributed by atoms with Gasteiger partial charge in [-0.1, -0.05) is 42.5 Å². The lowest BCUT2D eigenvalue weighted by atomic mass is 9.87. The molecule has 2 aromatic rings. The van der Waals surface area contributed by atoms with Gasteiger partial charge in [0.25, 0.3) is 5.91 Å². The van der Waals surface area contributed by atoms with Crippen molar-refractivity contribution in [3.63, 3.8) is 0 Å². The van der Waals surface area contributed by atoms with Gasteiger partial charge in [-0.25, -0.2) is 4.79 Å². The first kappa shape index (κ1) is 25.2. The Morgan fingerprint density at radius 3 is 2.39 bits per heavy atom. The highest BCUT2D eigenvalue weighted by molar-refractivity contribution is 8.00. The quantitative estimate of drug-likeness (QED) is 0.399. The number of aromatic carboxylic acids is 1. The van der Waals surface area contributed by atoms with Crippen molar-refractivity contribution in [1.29, 1.82) is 0 Å². The molecule has 2 N–H and O–H groups in total. The minimum Gasteiger partial charge on any atom is -0.478 e. The first-order valence-electron chi connectivity index (χ1n) is 11.1. The Bertz CT molecular complexity index is 1200. The summed E-state index contributed by atoms with van der Waals surface area (Å²) < 4.78 is 10.7. The zero-order valence-corrected chi connectivity index (χ0v) is 20.2. The Morgan fingerprint density at radius 2 is 1.72 bits per heavy atom. The van der Waals surface area contributed by atoms with Gasteiger partial charge in [0, 0.05) is 19.2 Å². The molecule has 0 aliphatic carbocycles. The maximum absolute atomic E-state index is 13.1. The minimum atomic E-state index is -1.26. The molecule has 36 heavy (non-hydrogen) atoms. The van der Waals surface area contributed by atoms with Crippen molar-refractivity contribution in [2.24, 2.45) is 5.41 Å². The number of carbonyl (C=O) groups is 5. The Labute approximate surface area is 210 Å². The number of fused-ring (bicyclic) bond motifs is 1. The maximum atomic E-state index is 13.1. The third-order valence-electron chi connectivity index (χ3n) is 6.03. The molecule has 10 nitrogen and oxygen atoms in total. The van der Waals surface area contributed by atoms with Crippen LogP contribution in [0.15, 0.2) is 54.6 Å². The van der Waals surface area contributed by atoms with Crippen molar-refractivity contribution in [3.05, 3.63) is 71.3 Å². The standard InChI is InChI=1S/C25H24N2O8S/c1-15(28)35-13-25(24(33)34-11-16-7-3-2-4-8-16)12-27-21(30)19(22(27)36-14-25)26-20(29)17-9-5-6-10-18(17)23(31)32/h2-10,19,22H,11-14H2,1H3,(H,26,29)(H,31,32)/t19?,22-,25?/m1/s1. The lowest BCUT2D eigenvalue weighted by Gasteiger charge is -2.53. The molecule has 2 amide bonds. The summed E-state index contributed by atoms with van der Waals surface area (Å²) in [7, 11) is 0. The predicted octanol–water partition coefficient (Wildman–Crippen LogP) is 1.69. The van der Waals surface area contributed by atoms with Crippen LogP contribution >= 0.6 is 11.8 Å². The van der Waals surface area contributed by atoms with Gasteiger partial charge in [-0.3, -0.25) is 19.2 Å². The largest absolute Gasteiger partial charge is 0.478 e. The second-order valence-corrected chi connectivity index (χ2v) is 9.70. The van der Waals surface area contributed by atoms with Gasteiger partial charge in [-0.15, -0.1) is 11.8 Å². The smallest absolute Gasteiger partial charge is 0.336 e. The normalized spacial score (nSPS) is 22.6. The van der Waals surface area contributed by atoms with Gasteiger partial charge in [0.2, 0.25) is 5.91 Å².